The van der Waals surface area contributed by atoms with Crippen LogP contribution in [0.1, 0.15) is 16.7 Å². The Hall–Kier alpha value is -1.73. The summed E-state index contributed by atoms with van der Waals surface area (Å²) in [5, 5.41) is 0.797. The second-order valence-electron chi connectivity index (χ2n) is 4.63. The van der Waals surface area contributed by atoms with Gasteiger partial charge in [0, 0.05) is 24.0 Å². The maximum atomic E-state index is 6.45. The lowest BCUT2D eigenvalue weighted by Gasteiger charge is -2.22. The van der Waals surface area contributed by atoms with E-state index in [0.717, 1.165) is 21.8 Å². The van der Waals surface area contributed by atoms with Gasteiger partial charge in [0.05, 0.1) is 5.03 Å². The first-order valence-electron chi connectivity index (χ1n) is 5.98. The molecule has 0 fully saturated rings. The fraction of sp³-hybridized carbons (Fsp3) is 0.125. The van der Waals surface area contributed by atoms with E-state index in [9.17, 15) is 0 Å². The van der Waals surface area contributed by atoms with Gasteiger partial charge in [0.25, 0.3) is 0 Å². The SMILES string of the molecule is Cc1ccc2c(c1)C(Cl)=Cc1ccccc1N2C. The minimum atomic E-state index is 0.797. The van der Waals surface area contributed by atoms with E-state index >= 15 is 0 Å². The van der Waals surface area contributed by atoms with Crippen molar-refractivity contribution in [3.05, 3.63) is 59.2 Å². The summed E-state index contributed by atoms with van der Waals surface area (Å²) >= 11 is 6.45. The number of rotatable bonds is 0. The lowest BCUT2D eigenvalue weighted by molar-refractivity contribution is 1.20. The molecule has 0 saturated heterocycles. The maximum absolute atomic E-state index is 6.45. The number of benzene rings is 2. The Balaban J connectivity index is 2.31. The molecule has 1 heterocycles. The van der Waals surface area contributed by atoms with Gasteiger partial charge in [-0.3, -0.25) is 0 Å². The maximum Gasteiger partial charge on any atom is 0.0506 e. The van der Waals surface area contributed by atoms with Crippen molar-refractivity contribution in [2.75, 3.05) is 11.9 Å². The van der Waals surface area contributed by atoms with Crippen LogP contribution in [0.2, 0.25) is 0 Å². The minimum absolute atomic E-state index is 0.797. The quantitative estimate of drug-likeness (QED) is 0.653. The summed E-state index contributed by atoms with van der Waals surface area (Å²) in [6, 6.07) is 14.7. The lowest BCUT2D eigenvalue weighted by atomic mass is 10.1. The topological polar surface area (TPSA) is 3.24 Å². The molecule has 3 rings (SSSR count). The van der Waals surface area contributed by atoms with Gasteiger partial charge in [-0.05, 0) is 36.8 Å². The van der Waals surface area contributed by atoms with Gasteiger partial charge in [-0.15, -0.1) is 0 Å². The van der Waals surface area contributed by atoms with Gasteiger partial charge in [-0.2, -0.15) is 0 Å². The summed E-state index contributed by atoms with van der Waals surface area (Å²) in [6.07, 6.45) is 2.04. The summed E-state index contributed by atoms with van der Waals surface area (Å²) in [5.41, 5.74) is 5.79. The first-order chi connectivity index (χ1) is 8.66. The molecule has 18 heavy (non-hydrogen) atoms. The van der Waals surface area contributed by atoms with E-state index in [1.165, 1.54) is 11.3 Å². The molecular weight excluding hydrogens is 242 g/mol. The Morgan fingerprint density at radius 2 is 1.78 bits per heavy atom. The zero-order valence-corrected chi connectivity index (χ0v) is 11.2. The molecule has 0 aliphatic carbocycles. The number of anilines is 2. The molecule has 0 spiro atoms. The molecule has 0 N–H and O–H groups in total. The average molecular weight is 256 g/mol. The molecule has 0 amide bonds. The van der Waals surface area contributed by atoms with Crippen molar-refractivity contribution in [2.45, 2.75) is 6.92 Å². The summed E-state index contributed by atoms with van der Waals surface area (Å²) in [6.45, 7) is 2.09. The van der Waals surface area contributed by atoms with Crippen LogP contribution in [-0.4, -0.2) is 7.05 Å². The molecular formula is C16H14ClN. The number of halogens is 1. The largest absolute Gasteiger partial charge is 0.344 e. The molecule has 90 valence electrons. The van der Waals surface area contributed by atoms with Gasteiger partial charge >= 0.3 is 0 Å². The van der Waals surface area contributed by atoms with Crippen molar-refractivity contribution >= 4 is 34.1 Å². The first-order valence-corrected chi connectivity index (χ1v) is 6.35. The number of para-hydroxylation sites is 1. The van der Waals surface area contributed by atoms with E-state index in [1.807, 2.05) is 12.1 Å². The van der Waals surface area contributed by atoms with Gasteiger partial charge < -0.3 is 4.90 Å². The Kier molecular flexibility index (Phi) is 2.64. The van der Waals surface area contributed by atoms with E-state index in [1.54, 1.807) is 0 Å². The van der Waals surface area contributed by atoms with Gasteiger partial charge in [-0.1, -0.05) is 41.4 Å². The van der Waals surface area contributed by atoms with Crippen molar-refractivity contribution < 1.29 is 0 Å². The molecule has 1 aliphatic rings. The molecule has 0 unspecified atom stereocenters. The molecule has 1 nitrogen and oxygen atoms in total. The molecule has 2 heteroatoms. The summed E-state index contributed by atoms with van der Waals surface area (Å²) in [7, 11) is 2.08. The highest BCUT2D eigenvalue weighted by atomic mass is 35.5. The molecule has 0 aromatic heterocycles. The third-order valence-corrected chi connectivity index (χ3v) is 3.66. The molecule has 2 aromatic carbocycles. The number of fused-ring (bicyclic) bond motifs is 2. The van der Waals surface area contributed by atoms with Crippen LogP contribution in [0.15, 0.2) is 42.5 Å². The van der Waals surface area contributed by atoms with Gasteiger partial charge in [-0.25, -0.2) is 0 Å². The van der Waals surface area contributed by atoms with Crippen molar-refractivity contribution in [3.8, 4) is 0 Å². The Morgan fingerprint density at radius 3 is 2.61 bits per heavy atom. The van der Waals surface area contributed by atoms with E-state index in [0.29, 0.717) is 0 Å². The number of hydrogen-bond acceptors (Lipinski definition) is 1. The van der Waals surface area contributed by atoms with Crippen molar-refractivity contribution in [1.82, 2.24) is 0 Å². The van der Waals surface area contributed by atoms with E-state index in [4.69, 9.17) is 11.6 Å². The predicted molar refractivity (Wildman–Crippen MR) is 79.4 cm³/mol. The van der Waals surface area contributed by atoms with Crippen molar-refractivity contribution in [1.29, 1.82) is 0 Å². The molecule has 0 atom stereocenters. The molecule has 2 aromatic rings. The highest BCUT2D eigenvalue weighted by molar-refractivity contribution is 6.52. The highest BCUT2D eigenvalue weighted by Gasteiger charge is 2.17. The van der Waals surface area contributed by atoms with Crippen molar-refractivity contribution in [3.63, 3.8) is 0 Å². The van der Waals surface area contributed by atoms with Crippen molar-refractivity contribution in [2.24, 2.45) is 0 Å². The summed E-state index contributed by atoms with van der Waals surface area (Å²) in [4.78, 5) is 2.19. The Morgan fingerprint density at radius 1 is 1.00 bits per heavy atom. The molecule has 0 radical (unpaired) electrons. The standard InChI is InChI=1S/C16H14ClN/c1-11-7-8-16-13(9-11)14(17)10-12-5-3-4-6-15(12)18(16)2/h3-10H,1-2H3. The highest BCUT2D eigenvalue weighted by Crippen LogP contribution is 2.40. The number of hydrogen-bond donors (Lipinski definition) is 0. The second kappa shape index (κ2) is 4.18. The van der Waals surface area contributed by atoms with E-state index < -0.39 is 0 Å². The van der Waals surface area contributed by atoms with Crippen LogP contribution in [0.5, 0.6) is 0 Å². The average Bonchev–Trinajstić information content (AvgIpc) is 2.47. The first kappa shape index (κ1) is 11.4. The van der Waals surface area contributed by atoms with Gasteiger partial charge in [0.2, 0.25) is 0 Å². The summed E-state index contributed by atoms with van der Waals surface area (Å²) < 4.78 is 0. The zero-order valence-electron chi connectivity index (χ0n) is 10.4. The number of aryl methyl sites for hydroxylation is 1. The van der Waals surface area contributed by atoms with Crippen LogP contribution in [0, 0.1) is 6.92 Å². The third kappa shape index (κ3) is 1.72. The zero-order chi connectivity index (χ0) is 12.7. The Bertz CT molecular complexity index is 643. The second-order valence-corrected chi connectivity index (χ2v) is 5.04. The normalized spacial score (nSPS) is 13.5. The van der Waals surface area contributed by atoms with E-state index in [2.05, 4.69) is 55.3 Å². The fourth-order valence-electron chi connectivity index (χ4n) is 2.39. The van der Waals surface area contributed by atoms with Crippen LogP contribution < -0.4 is 4.90 Å². The van der Waals surface area contributed by atoms with E-state index in [-0.39, 0.29) is 0 Å². The summed E-state index contributed by atoms with van der Waals surface area (Å²) in [5.74, 6) is 0. The molecule has 0 bridgehead atoms. The van der Waals surface area contributed by atoms with Crippen LogP contribution in [-0.2, 0) is 0 Å². The monoisotopic (exact) mass is 255 g/mol. The Labute approximate surface area is 112 Å². The molecule has 1 aliphatic heterocycles. The van der Waals surface area contributed by atoms with Gasteiger partial charge in [0.15, 0.2) is 0 Å². The van der Waals surface area contributed by atoms with Crippen LogP contribution in [0.4, 0.5) is 11.4 Å². The fourth-order valence-corrected chi connectivity index (χ4v) is 2.66. The van der Waals surface area contributed by atoms with Gasteiger partial charge in [0.1, 0.15) is 0 Å². The third-order valence-electron chi connectivity index (χ3n) is 3.35. The minimum Gasteiger partial charge on any atom is -0.344 e. The predicted octanol–water partition coefficient (Wildman–Crippen LogP) is 4.81. The van der Waals surface area contributed by atoms with Crippen LogP contribution in [0.25, 0.3) is 11.1 Å². The van der Waals surface area contributed by atoms with Crippen LogP contribution in [0.3, 0.4) is 0 Å². The number of nitrogens with zero attached hydrogens (tertiary/aromatic N) is 1. The molecule has 0 saturated carbocycles. The smallest absolute Gasteiger partial charge is 0.0506 e. The lowest BCUT2D eigenvalue weighted by Crippen LogP contribution is -2.11. The van der Waals surface area contributed by atoms with Crippen LogP contribution >= 0.6 is 11.6 Å².